The average molecular weight is 284 g/mol. The van der Waals surface area contributed by atoms with Crippen LogP contribution in [0.15, 0.2) is 36.4 Å². The number of amides is 1. The lowest BCUT2D eigenvalue weighted by Crippen LogP contribution is -2.24. The van der Waals surface area contributed by atoms with Gasteiger partial charge in [-0.3, -0.25) is 4.79 Å². The molecule has 2 aromatic carbocycles. The molecule has 4 nitrogen and oxygen atoms in total. The number of rotatable bonds is 4. The summed E-state index contributed by atoms with van der Waals surface area (Å²) in [6, 6.07) is 11.1. The van der Waals surface area contributed by atoms with Crippen LogP contribution in [-0.2, 0) is 13.2 Å². The van der Waals surface area contributed by atoms with Gasteiger partial charge in [-0.15, -0.1) is 0 Å². The Labute approximate surface area is 124 Å². The van der Waals surface area contributed by atoms with Crippen LogP contribution in [0.5, 0.6) is 0 Å². The molecule has 4 N–H and O–H groups in total. The molecular weight excluding hydrogens is 264 g/mol. The summed E-state index contributed by atoms with van der Waals surface area (Å²) < 4.78 is 0. The summed E-state index contributed by atoms with van der Waals surface area (Å²) in [6.45, 7) is 4.23. The molecule has 0 aromatic heterocycles. The minimum atomic E-state index is -0.145. The number of aliphatic hydroxyl groups is 1. The van der Waals surface area contributed by atoms with Gasteiger partial charge in [0.2, 0.25) is 0 Å². The zero-order chi connectivity index (χ0) is 15.4. The number of nitrogens with two attached hydrogens (primary N) is 1. The van der Waals surface area contributed by atoms with Crippen LogP contribution in [0, 0.1) is 13.8 Å². The van der Waals surface area contributed by atoms with Crippen molar-refractivity contribution < 1.29 is 9.90 Å². The average Bonchev–Trinajstić information content (AvgIpc) is 2.48. The Kier molecular flexibility index (Phi) is 4.60. The number of carbonyl (C=O) groups excluding carboxylic acids is 1. The van der Waals surface area contributed by atoms with Gasteiger partial charge >= 0.3 is 0 Å². The highest BCUT2D eigenvalue weighted by Crippen LogP contribution is 2.18. The first-order valence-electron chi connectivity index (χ1n) is 6.85. The molecule has 0 bridgehead atoms. The first kappa shape index (κ1) is 15.1. The quantitative estimate of drug-likeness (QED) is 0.754. The van der Waals surface area contributed by atoms with Crippen molar-refractivity contribution in [2.75, 3.05) is 5.73 Å². The Morgan fingerprint density at radius 1 is 1.14 bits per heavy atom. The van der Waals surface area contributed by atoms with E-state index in [4.69, 9.17) is 10.8 Å². The summed E-state index contributed by atoms with van der Waals surface area (Å²) in [4.78, 5) is 12.2. The second kappa shape index (κ2) is 6.41. The van der Waals surface area contributed by atoms with Gasteiger partial charge in [-0.2, -0.15) is 0 Å². The van der Waals surface area contributed by atoms with Gasteiger partial charge in [-0.25, -0.2) is 0 Å². The predicted molar refractivity (Wildman–Crippen MR) is 83.9 cm³/mol. The second-order valence-corrected chi connectivity index (χ2v) is 5.18. The van der Waals surface area contributed by atoms with Crippen molar-refractivity contribution in [2.24, 2.45) is 0 Å². The van der Waals surface area contributed by atoms with E-state index in [1.165, 1.54) is 0 Å². The lowest BCUT2D eigenvalue weighted by molar-refractivity contribution is 0.0950. The smallest absolute Gasteiger partial charge is 0.251 e. The van der Waals surface area contributed by atoms with Crippen molar-refractivity contribution in [3.05, 3.63) is 64.2 Å². The van der Waals surface area contributed by atoms with Crippen molar-refractivity contribution in [2.45, 2.75) is 27.0 Å². The molecule has 0 atom stereocenters. The zero-order valence-electron chi connectivity index (χ0n) is 12.3. The maximum Gasteiger partial charge on any atom is 0.251 e. The van der Waals surface area contributed by atoms with Gasteiger partial charge in [0.25, 0.3) is 5.91 Å². The number of aliphatic hydroxyl groups excluding tert-OH is 1. The standard InChI is InChI=1S/C17H20N2O2/c1-11-6-12(2)16(18)8-15(11)17(21)19-9-13-4-3-5-14(7-13)10-20/h3-8,20H,9-10,18H2,1-2H3,(H,19,21). The Balaban J connectivity index is 2.10. The molecular formula is C17H20N2O2. The van der Waals surface area contributed by atoms with Crippen molar-refractivity contribution >= 4 is 11.6 Å². The third kappa shape index (κ3) is 3.61. The van der Waals surface area contributed by atoms with Crippen LogP contribution in [-0.4, -0.2) is 11.0 Å². The van der Waals surface area contributed by atoms with Crippen LogP contribution in [0.2, 0.25) is 0 Å². The van der Waals surface area contributed by atoms with Crippen LogP contribution in [0.1, 0.15) is 32.6 Å². The number of aryl methyl sites for hydroxylation is 2. The van der Waals surface area contributed by atoms with Gasteiger partial charge in [-0.05, 0) is 42.2 Å². The van der Waals surface area contributed by atoms with E-state index in [-0.39, 0.29) is 12.5 Å². The van der Waals surface area contributed by atoms with Gasteiger partial charge in [0.05, 0.1) is 6.61 Å². The van der Waals surface area contributed by atoms with Gasteiger partial charge in [0, 0.05) is 17.8 Å². The van der Waals surface area contributed by atoms with E-state index in [1.807, 2.05) is 44.2 Å². The molecule has 0 aliphatic carbocycles. The molecule has 110 valence electrons. The third-order valence-corrected chi connectivity index (χ3v) is 3.48. The minimum Gasteiger partial charge on any atom is -0.398 e. The van der Waals surface area contributed by atoms with E-state index in [0.717, 1.165) is 22.3 Å². The fourth-order valence-corrected chi connectivity index (χ4v) is 2.23. The van der Waals surface area contributed by atoms with Gasteiger partial charge in [-0.1, -0.05) is 30.3 Å². The molecule has 0 aliphatic rings. The highest BCUT2D eigenvalue weighted by atomic mass is 16.3. The number of hydrogen-bond donors (Lipinski definition) is 3. The number of benzene rings is 2. The number of carbonyl (C=O) groups is 1. The Morgan fingerprint density at radius 2 is 1.86 bits per heavy atom. The summed E-state index contributed by atoms with van der Waals surface area (Å²) in [5.41, 5.74) is 10.7. The van der Waals surface area contributed by atoms with Crippen molar-refractivity contribution in [3.8, 4) is 0 Å². The maximum absolute atomic E-state index is 12.2. The number of nitrogens with one attached hydrogen (secondary N) is 1. The van der Waals surface area contributed by atoms with Gasteiger partial charge in [0.1, 0.15) is 0 Å². The van der Waals surface area contributed by atoms with Crippen LogP contribution in [0.3, 0.4) is 0 Å². The zero-order valence-corrected chi connectivity index (χ0v) is 12.3. The van der Waals surface area contributed by atoms with Gasteiger partial charge < -0.3 is 16.2 Å². The molecule has 0 unspecified atom stereocenters. The molecule has 21 heavy (non-hydrogen) atoms. The molecule has 4 heteroatoms. The molecule has 0 saturated carbocycles. The summed E-state index contributed by atoms with van der Waals surface area (Å²) in [5, 5.41) is 12.0. The van der Waals surface area contributed by atoms with Crippen LogP contribution >= 0.6 is 0 Å². The third-order valence-electron chi connectivity index (χ3n) is 3.48. The number of hydrogen-bond acceptors (Lipinski definition) is 3. The maximum atomic E-state index is 12.2. The summed E-state index contributed by atoms with van der Waals surface area (Å²) in [5.74, 6) is -0.145. The first-order chi connectivity index (χ1) is 10.0. The van der Waals surface area contributed by atoms with Crippen molar-refractivity contribution in [3.63, 3.8) is 0 Å². The van der Waals surface area contributed by atoms with E-state index in [0.29, 0.717) is 17.8 Å². The highest BCUT2D eigenvalue weighted by Gasteiger charge is 2.10. The molecule has 0 aliphatic heterocycles. The van der Waals surface area contributed by atoms with E-state index in [9.17, 15) is 4.79 Å². The highest BCUT2D eigenvalue weighted by molar-refractivity contribution is 5.96. The van der Waals surface area contributed by atoms with Crippen LogP contribution < -0.4 is 11.1 Å². The Bertz CT molecular complexity index is 666. The summed E-state index contributed by atoms with van der Waals surface area (Å²) >= 11 is 0. The first-order valence-corrected chi connectivity index (χ1v) is 6.85. The molecule has 2 aromatic rings. The van der Waals surface area contributed by atoms with E-state index in [1.54, 1.807) is 6.07 Å². The lowest BCUT2D eigenvalue weighted by atomic mass is 10.0. The fourth-order valence-electron chi connectivity index (χ4n) is 2.23. The van der Waals surface area contributed by atoms with E-state index < -0.39 is 0 Å². The van der Waals surface area contributed by atoms with Crippen molar-refractivity contribution in [1.29, 1.82) is 0 Å². The molecule has 1 amide bonds. The summed E-state index contributed by atoms with van der Waals surface area (Å²) in [6.07, 6.45) is 0. The molecule has 0 spiro atoms. The van der Waals surface area contributed by atoms with Crippen LogP contribution in [0.4, 0.5) is 5.69 Å². The van der Waals surface area contributed by atoms with Gasteiger partial charge in [0.15, 0.2) is 0 Å². The number of nitrogen functional groups attached to an aromatic ring is 1. The monoisotopic (exact) mass is 284 g/mol. The largest absolute Gasteiger partial charge is 0.398 e. The fraction of sp³-hybridized carbons (Fsp3) is 0.235. The van der Waals surface area contributed by atoms with E-state index in [2.05, 4.69) is 5.32 Å². The Hall–Kier alpha value is -2.33. The SMILES string of the molecule is Cc1cc(C)c(C(=O)NCc2cccc(CO)c2)cc1N. The lowest BCUT2D eigenvalue weighted by Gasteiger charge is -2.11. The predicted octanol–water partition coefficient (Wildman–Crippen LogP) is 2.31. The van der Waals surface area contributed by atoms with Crippen molar-refractivity contribution in [1.82, 2.24) is 5.32 Å². The molecule has 0 fully saturated rings. The number of anilines is 1. The van der Waals surface area contributed by atoms with E-state index >= 15 is 0 Å². The molecule has 0 saturated heterocycles. The van der Waals surface area contributed by atoms with Crippen LogP contribution in [0.25, 0.3) is 0 Å². The summed E-state index contributed by atoms with van der Waals surface area (Å²) in [7, 11) is 0. The second-order valence-electron chi connectivity index (χ2n) is 5.18. The molecule has 0 radical (unpaired) electrons. The molecule has 2 rings (SSSR count). The minimum absolute atomic E-state index is 0.00457. The normalized spacial score (nSPS) is 10.4. The topological polar surface area (TPSA) is 75.3 Å². The Morgan fingerprint density at radius 3 is 2.57 bits per heavy atom. The molecule has 0 heterocycles.